The molecule has 1 aliphatic rings. The molecule has 0 unspecified atom stereocenters. The van der Waals surface area contributed by atoms with Crippen molar-refractivity contribution in [1.29, 1.82) is 0 Å². The molecule has 4 heterocycles. The van der Waals surface area contributed by atoms with Crippen LogP contribution in [0, 0.1) is 0 Å². The SMILES string of the molecule is CC(C)(O)Cn1cc(NC(=O)c2n[nH]c3cncnc23)c(-c2cc(Cl)cc3c2OCC3)n1. The van der Waals surface area contributed by atoms with Crippen LogP contribution in [0.3, 0.4) is 0 Å². The van der Waals surface area contributed by atoms with Crippen molar-refractivity contribution in [1.82, 2.24) is 29.9 Å². The van der Waals surface area contributed by atoms with Gasteiger partial charge in [-0.25, -0.2) is 9.97 Å². The van der Waals surface area contributed by atoms with E-state index in [0.717, 1.165) is 12.0 Å². The van der Waals surface area contributed by atoms with Gasteiger partial charge in [0.25, 0.3) is 5.91 Å². The second kappa shape index (κ2) is 7.57. The minimum absolute atomic E-state index is 0.135. The second-order valence-electron chi connectivity index (χ2n) is 8.25. The molecule has 164 valence electrons. The van der Waals surface area contributed by atoms with Gasteiger partial charge in [-0.15, -0.1) is 0 Å². The number of aromatic nitrogens is 6. The number of carbonyl (C=O) groups is 1. The Kier molecular flexibility index (Phi) is 4.83. The van der Waals surface area contributed by atoms with Gasteiger partial charge in [-0.3, -0.25) is 14.6 Å². The number of benzene rings is 1. The van der Waals surface area contributed by atoms with E-state index in [4.69, 9.17) is 16.3 Å². The van der Waals surface area contributed by atoms with E-state index in [2.05, 4.69) is 30.6 Å². The fourth-order valence-corrected chi connectivity index (χ4v) is 3.98. The lowest BCUT2D eigenvalue weighted by Gasteiger charge is -2.16. The molecule has 0 saturated heterocycles. The summed E-state index contributed by atoms with van der Waals surface area (Å²) >= 11 is 6.35. The van der Waals surface area contributed by atoms with E-state index in [9.17, 15) is 9.90 Å². The van der Waals surface area contributed by atoms with Crippen molar-refractivity contribution >= 4 is 34.2 Å². The molecule has 32 heavy (non-hydrogen) atoms. The van der Waals surface area contributed by atoms with Gasteiger partial charge >= 0.3 is 0 Å². The van der Waals surface area contributed by atoms with Gasteiger partial charge < -0.3 is 15.2 Å². The van der Waals surface area contributed by atoms with Crippen molar-refractivity contribution < 1.29 is 14.6 Å². The Morgan fingerprint density at radius 2 is 2.25 bits per heavy atom. The highest BCUT2D eigenvalue weighted by Gasteiger charge is 2.26. The Bertz CT molecular complexity index is 1340. The molecule has 0 bridgehead atoms. The van der Waals surface area contributed by atoms with Crippen molar-refractivity contribution in [2.24, 2.45) is 0 Å². The summed E-state index contributed by atoms with van der Waals surface area (Å²) in [5, 5.41) is 25.2. The highest BCUT2D eigenvalue weighted by atomic mass is 35.5. The van der Waals surface area contributed by atoms with Gasteiger partial charge in [0, 0.05) is 23.2 Å². The Hall–Kier alpha value is -3.50. The van der Waals surface area contributed by atoms with Crippen LogP contribution >= 0.6 is 11.6 Å². The highest BCUT2D eigenvalue weighted by molar-refractivity contribution is 6.31. The number of hydrogen-bond acceptors (Lipinski definition) is 7. The molecule has 0 aliphatic carbocycles. The van der Waals surface area contributed by atoms with E-state index >= 15 is 0 Å². The van der Waals surface area contributed by atoms with Crippen molar-refractivity contribution in [2.45, 2.75) is 32.4 Å². The summed E-state index contributed by atoms with van der Waals surface area (Å²) in [5.41, 5.74) is 2.66. The molecule has 1 aromatic carbocycles. The average Bonchev–Trinajstić information content (AvgIpc) is 3.44. The average molecular weight is 454 g/mol. The number of H-pyrrole nitrogens is 1. The van der Waals surface area contributed by atoms with E-state index in [-0.39, 0.29) is 12.2 Å². The lowest BCUT2D eigenvalue weighted by atomic mass is 10.0. The first kappa shape index (κ1) is 20.4. The van der Waals surface area contributed by atoms with Crippen LogP contribution in [0.5, 0.6) is 5.75 Å². The summed E-state index contributed by atoms with van der Waals surface area (Å²) in [6.07, 6.45) is 5.31. The second-order valence-corrected chi connectivity index (χ2v) is 8.69. The van der Waals surface area contributed by atoms with Gasteiger partial charge in [-0.1, -0.05) is 11.6 Å². The van der Waals surface area contributed by atoms with Crippen LogP contribution in [0.4, 0.5) is 5.69 Å². The maximum atomic E-state index is 13.1. The third-order valence-corrected chi connectivity index (χ3v) is 5.22. The van der Waals surface area contributed by atoms with Gasteiger partial charge in [0.05, 0.1) is 30.6 Å². The van der Waals surface area contributed by atoms with Gasteiger partial charge in [0.15, 0.2) is 5.69 Å². The monoisotopic (exact) mass is 453 g/mol. The summed E-state index contributed by atoms with van der Waals surface area (Å²) in [5.74, 6) is 0.231. The minimum Gasteiger partial charge on any atom is -0.492 e. The standard InChI is InChI=1S/C21H20ClN7O3/c1-21(2,31)9-29-8-15(25-20(30)18-17-14(26-27-18)7-23-10-24-17)16(28-29)13-6-12(22)5-11-3-4-32-19(11)13/h5-8,10,31H,3-4,9H2,1-2H3,(H,25,30)(H,26,27). The van der Waals surface area contributed by atoms with E-state index in [1.54, 1.807) is 37.0 Å². The first-order valence-electron chi connectivity index (χ1n) is 9.99. The molecule has 0 atom stereocenters. The van der Waals surface area contributed by atoms with E-state index < -0.39 is 11.5 Å². The number of ether oxygens (including phenoxy) is 1. The topological polar surface area (TPSA) is 131 Å². The van der Waals surface area contributed by atoms with E-state index in [0.29, 0.717) is 45.4 Å². The fraction of sp³-hybridized carbons (Fsp3) is 0.286. The highest BCUT2D eigenvalue weighted by Crippen LogP contribution is 2.41. The lowest BCUT2D eigenvalue weighted by Crippen LogP contribution is -2.26. The molecule has 4 aromatic rings. The van der Waals surface area contributed by atoms with Crippen molar-refractivity contribution in [3.8, 4) is 17.0 Å². The number of hydrogen-bond donors (Lipinski definition) is 3. The number of amides is 1. The summed E-state index contributed by atoms with van der Waals surface area (Å²) in [6.45, 7) is 4.14. The molecular weight excluding hydrogens is 434 g/mol. The Balaban J connectivity index is 1.58. The molecule has 0 radical (unpaired) electrons. The molecular formula is C21H20ClN7O3. The molecule has 11 heteroatoms. The number of aromatic amines is 1. The van der Waals surface area contributed by atoms with Crippen LogP contribution in [-0.4, -0.2) is 53.2 Å². The quantitative estimate of drug-likeness (QED) is 0.423. The summed E-state index contributed by atoms with van der Waals surface area (Å²) in [7, 11) is 0. The maximum Gasteiger partial charge on any atom is 0.278 e. The predicted octanol–water partition coefficient (Wildman–Crippen LogP) is 2.83. The van der Waals surface area contributed by atoms with Crippen LogP contribution in [0.15, 0.2) is 30.9 Å². The first-order chi connectivity index (χ1) is 15.3. The van der Waals surface area contributed by atoms with Gasteiger partial charge in [-0.05, 0) is 31.5 Å². The zero-order valence-electron chi connectivity index (χ0n) is 17.4. The summed E-state index contributed by atoms with van der Waals surface area (Å²) in [4.78, 5) is 21.1. The molecule has 3 N–H and O–H groups in total. The lowest BCUT2D eigenvalue weighted by molar-refractivity contribution is 0.0578. The number of nitrogens with zero attached hydrogens (tertiary/aromatic N) is 5. The van der Waals surface area contributed by atoms with E-state index in [1.807, 2.05) is 6.07 Å². The zero-order chi connectivity index (χ0) is 22.5. The van der Waals surface area contributed by atoms with Crippen LogP contribution in [0.1, 0.15) is 29.9 Å². The number of nitrogens with one attached hydrogen (secondary N) is 2. The number of aliphatic hydroxyl groups is 1. The number of fused-ring (bicyclic) bond motifs is 2. The van der Waals surface area contributed by atoms with Crippen LogP contribution in [-0.2, 0) is 13.0 Å². The first-order valence-corrected chi connectivity index (χ1v) is 10.4. The number of anilines is 1. The van der Waals surface area contributed by atoms with Crippen molar-refractivity contribution in [2.75, 3.05) is 11.9 Å². The summed E-state index contributed by atoms with van der Waals surface area (Å²) in [6, 6.07) is 3.63. The van der Waals surface area contributed by atoms with Crippen molar-refractivity contribution in [3.05, 3.63) is 47.1 Å². The predicted molar refractivity (Wildman–Crippen MR) is 118 cm³/mol. The summed E-state index contributed by atoms with van der Waals surface area (Å²) < 4.78 is 7.42. The minimum atomic E-state index is -1.01. The number of rotatable bonds is 5. The van der Waals surface area contributed by atoms with E-state index in [1.165, 1.54) is 6.33 Å². The fourth-order valence-electron chi connectivity index (χ4n) is 3.74. The van der Waals surface area contributed by atoms with Crippen molar-refractivity contribution in [3.63, 3.8) is 0 Å². The third-order valence-electron chi connectivity index (χ3n) is 5.00. The van der Waals surface area contributed by atoms with Gasteiger partial charge in [0.1, 0.15) is 28.8 Å². The number of carbonyl (C=O) groups excluding carboxylic acids is 1. The Labute approximate surface area is 187 Å². The number of halogens is 1. The Morgan fingerprint density at radius 1 is 1.41 bits per heavy atom. The molecule has 0 spiro atoms. The molecule has 1 aliphatic heterocycles. The zero-order valence-corrected chi connectivity index (χ0v) is 18.1. The van der Waals surface area contributed by atoms with Crippen LogP contribution in [0.2, 0.25) is 5.02 Å². The third kappa shape index (κ3) is 3.78. The normalized spacial score (nSPS) is 13.2. The van der Waals surface area contributed by atoms with Crippen LogP contribution in [0.25, 0.3) is 22.3 Å². The largest absolute Gasteiger partial charge is 0.492 e. The van der Waals surface area contributed by atoms with Gasteiger partial charge in [0.2, 0.25) is 0 Å². The smallest absolute Gasteiger partial charge is 0.278 e. The molecule has 3 aromatic heterocycles. The maximum absolute atomic E-state index is 13.1. The van der Waals surface area contributed by atoms with Gasteiger partial charge in [-0.2, -0.15) is 10.2 Å². The molecule has 10 nitrogen and oxygen atoms in total. The molecule has 0 fully saturated rings. The van der Waals surface area contributed by atoms with Crippen LogP contribution < -0.4 is 10.1 Å². The molecule has 5 rings (SSSR count). The Morgan fingerprint density at radius 3 is 3.06 bits per heavy atom. The molecule has 1 amide bonds. The molecule has 0 saturated carbocycles.